The Balaban J connectivity index is 2.01. The van der Waals surface area contributed by atoms with Crippen LogP contribution in [0, 0.1) is 16.0 Å². The molecule has 148 valence electrons. The fourth-order valence-corrected chi connectivity index (χ4v) is 2.89. The monoisotopic (exact) mass is 401 g/mol. The quantitative estimate of drug-likeness (QED) is 0.291. The number of aromatic hydroxyl groups is 1. The number of non-ortho nitro benzene ring substituents is 1. The molecule has 2 aromatic carbocycles. The number of amides is 1. The Kier molecular flexibility index (Phi) is 7.06. The Morgan fingerprint density at radius 2 is 1.82 bits per heavy atom. The molecule has 2 rings (SSSR count). The van der Waals surface area contributed by atoms with Crippen LogP contribution in [0.15, 0.2) is 42.5 Å². The molecule has 0 bridgehead atoms. The molecule has 2 aromatic rings. The zero-order valence-corrected chi connectivity index (χ0v) is 16.7. The van der Waals surface area contributed by atoms with Crippen molar-refractivity contribution < 1.29 is 14.8 Å². The number of nitrogens with zero attached hydrogens (tertiary/aromatic N) is 1. The Labute approximate surface area is 168 Å². The third-order valence-electron chi connectivity index (χ3n) is 4.19. The van der Waals surface area contributed by atoms with E-state index in [1.54, 1.807) is 6.92 Å². The molecule has 0 saturated carbocycles. The first kappa shape index (κ1) is 21.3. The lowest BCUT2D eigenvalue weighted by atomic mass is 9.96. The van der Waals surface area contributed by atoms with Gasteiger partial charge in [-0.1, -0.05) is 38.1 Å². The number of phenolic OH excluding ortho intramolecular Hbond substituents is 1. The van der Waals surface area contributed by atoms with Crippen molar-refractivity contribution in [2.75, 3.05) is 5.32 Å². The molecule has 0 aliphatic carbocycles. The number of nitrogens with one attached hydrogen (secondary N) is 2. The normalized spacial score (nSPS) is 11.7. The second-order valence-corrected chi connectivity index (χ2v) is 7.37. The zero-order chi connectivity index (χ0) is 20.8. The van der Waals surface area contributed by atoms with Gasteiger partial charge in [0.1, 0.15) is 5.75 Å². The third-order valence-corrected chi connectivity index (χ3v) is 4.40. The molecule has 7 nitrogen and oxygen atoms in total. The molecular weight excluding hydrogens is 378 g/mol. The van der Waals surface area contributed by atoms with E-state index in [-0.39, 0.29) is 28.1 Å². The van der Waals surface area contributed by atoms with Crippen molar-refractivity contribution >= 4 is 34.6 Å². The summed E-state index contributed by atoms with van der Waals surface area (Å²) in [5.41, 5.74) is 1.91. The average Bonchev–Trinajstić information content (AvgIpc) is 2.62. The van der Waals surface area contributed by atoms with Crippen LogP contribution >= 0.6 is 12.2 Å². The van der Waals surface area contributed by atoms with Crippen LogP contribution in [-0.2, 0) is 11.2 Å². The average molecular weight is 401 g/mol. The van der Waals surface area contributed by atoms with Gasteiger partial charge < -0.3 is 15.7 Å². The highest BCUT2D eigenvalue weighted by Crippen LogP contribution is 2.27. The molecule has 1 unspecified atom stereocenters. The van der Waals surface area contributed by atoms with Crippen molar-refractivity contribution in [3.05, 3.63) is 63.7 Å². The van der Waals surface area contributed by atoms with Gasteiger partial charge in [-0.15, -0.1) is 0 Å². The molecule has 1 atom stereocenters. The van der Waals surface area contributed by atoms with Crippen molar-refractivity contribution in [3.8, 4) is 5.75 Å². The Bertz CT molecular complexity index is 882. The van der Waals surface area contributed by atoms with E-state index in [1.807, 2.05) is 24.3 Å². The predicted molar refractivity (Wildman–Crippen MR) is 113 cm³/mol. The first-order valence-corrected chi connectivity index (χ1v) is 9.26. The van der Waals surface area contributed by atoms with E-state index >= 15 is 0 Å². The summed E-state index contributed by atoms with van der Waals surface area (Å²) in [7, 11) is 0. The van der Waals surface area contributed by atoms with Crippen molar-refractivity contribution in [3.63, 3.8) is 0 Å². The Morgan fingerprint density at radius 3 is 2.39 bits per heavy atom. The molecule has 0 saturated heterocycles. The number of benzene rings is 2. The van der Waals surface area contributed by atoms with Gasteiger partial charge in [0.25, 0.3) is 5.69 Å². The van der Waals surface area contributed by atoms with E-state index in [0.717, 1.165) is 18.1 Å². The predicted octanol–water partition coefficient (Wildman–Crippen LogP) is 4.12. The van der Waals surface area contributed by atoms with Crippen LogP contribution in [0.1, 0.15) is 37.8 Å². The minimum atomic E-state index is -0.586. The highest BCUT2D eigenvalue weighted by atomic mass is 32.1. The minimum absolute atomic E-state index is 0.0465. The first-order chi connectivity index (χ1) is 13.2. The van der Waals surface area contributed by atoms with Crippen LogP contribution in [0.3, 0.4) is 0 Å². The Hall–Kier alpha value is -3.00. The zero-order valence-electron chi connectivity index (χ0n) is 15.9. The van der Waals surface area contributed by atoms with Crippen molar-refractivity contribution in [1.82, 2.24) is 5.32 Å². The molecule has 1 amide bonds. The van der Waals surface area contributed by atoms with E-state index in [9.17, 15) is 20.0 Å². The highest BCUT2D eigenvalue weighted by Gasteiger charge is 2.18. The third kappa shape index (κ3) is 5.75. The second kappa shape index (κ2) is 9.27. The van der Waals surface area contributed by atoms with Gasteiger partial charge >= 0.3 is 0 Å². The van der Waals surface area contributed by atoms with Gasteiger partial charge in [0.05, 0.1) is 16.5 Å². The highest BCUT2D eigenvalue weighted by molar-refractivity contribution is 7.80. The maximum atomic E-state index is 12.5. The molecule has 0 radical (unpaired) electrons. The summed E-state index contributed by atoms with van der Waals surface area (Å²) in [6, 6.07) is 11.4. The molecule has 0 fully saturated rings. The number of nitro benzene ring substituents is 1. The summed E-state index contributed by atoms with van der Waals surface area (Å²) in [4.78, 5) is 22.7. The molecule has 0 aliphatic rings. The SMILES string of the molecule is CC(C)Cc1ccc(C(C)C(=O)NC(=S)Nc2cc([N+](=O)[O-])ccc2O)cc1. The molecule has 0 aliphatic heterocycles. The van der Waals surface area contributed by atoms with E-state index in [4.69, 9.17) is 12.2 Å². The maximum absolute atomic E-state index is 12.5. The fourth-order valence-electron chi connectivity index (χ4n) is 2.68. The standard InChI is InChI=1S/C20H23N3O4S/c1-12(2)10-14-4-6-15(7-5-14)13(3)19(25)22-20(28)21-17-11-16(23(26)27)8-9-18(17)24/h4-9,11-13,24H,10H2,1-3H3,(H2,21,22,25,28). The lowest BCUT2D eigenvalue weighted by Gasteiger charge is -2.15. The number of nitro groups is 1. The van der Waals surface area contributed by atoms with Gasteiger partial charge in [0.15, 0.2) is 5.11 Å². The molecule has 0 spiro atoms. The van der Waals surface area contributed by atoms with Gasteiger partial charge in [-0.25, -0.2) is 0 Å². The summed E-state index contributed by atoms with van der Waals surface area (Å²) < 4.78 is 0. The van der Waals surface area contributed by atoms with Crippen LogP contribution < -0.4 is 10.6 Å². The van der Waals surface area contributed by atoms with Crippen LogP contribution in [0.25, 0.3) is 0 Å². The lowest BCUT2D eigenvalue weighted by Crippen LogP contribution is -2.36. The number of thiocarbonyl (C=S) groups is 1. The van der Waals surface area contributed by atoms with Crippen LogP contribution in [0.2, 0.25) is 0 Å². The summed E-state index contributed by atoms with van der Waals surface area (Å²) in [5, 5.41) is 25.8. The number of carbonyl (C=O) groups is 1. The number of anilines is 1. The number of hydrogen-bond donors (Lipinski definition) is 3. The van der Waals surface area contributed by atoms with Gasteiger partial charge in [-0.05, 0) is 48.7 Å². The van der Waals surface area contributed by atoms with E-state index < -0.39 is 10.8 Å². The fraction of sp³-hybridized carbons (Fsp3) is 0.300. The summed E-state index contributed by atoms with van der Waals surface area (Å²) >= 11 is 5.09. The van der Waals surface area contributed by atoms with Crippen molar-refractivity contribution in [1.29, 1.82) is 0 Å². The van der Waals surface area contributed by atoms with Gasteiger partial charge in [-0.3, -0.25) is 14.9 Å². The smallest absolute Gasteiger partial charge is 0.271 e. The minimum Gasteiger partial charge on any atom is -0.506 e. The first-order valence-electron chi connectivity index (χ1n) is 8.85. The molecular formula is C20H23N3O4S. The van der Waals surface area contributed by atoms with Crippen LogP contribution in [0.4, 0.5) is 11.4 Å². The van der Waals surface area contributed by atoms with E-state index in [2.05, 4.69) is 24.5 Å². The molecule has 8 heteroatoms. The summed E-state index contributed by atoms with van der Waals surface area (Å²) in [5.74, 6) is -0.415. The largest absolute Gasteiger partial charge is 0.506 e. The number of phenols is 1. The number of carbonyl (C=O) groups excluding carboxylic acids is 1. The molecule has 0 aromatic heterocycles. The van der Waals surface area contributed by atoms with Gasteiger partial charge in [-0.2, -0.15) is 0 Å². The van der Waals surface area contributed by atoms with Crippen molar-refractivity contribution in [2.24, 2.45) is 5.92 Å². The van der Waals surface area contributed by atoms with Crippen LogP contribution in [0.5, 0.6) is 5.75 Å². The second-order valence-electron chi connectivity index (χ2n) is 6.96. The van der Waals surface area contributed by atoms with E-state index in [1.165, 1.54) is 17.7 Å². The lowest BCUT2D eigenvalue weighted by molar-refractivity contribution is -0.384. The van der Waals surface area contributed by atoms with Gasteiger partial charge in [0.2, 0.25) is 5.91 Å². The van der Waals surface area contributed by atoms with E-state index in [0.29, 0.717) is 5.92 Å². The topological polar surface area (TPSA) is 104 Å². The number of rotatable bonds is 6. The number of hydrogen-bond acceptors (Lipinski definition) is 5. The Morgan fingerprint density at radius 1 is 1.18 bits per heavy atom. The maximum Gasteiger partial charge on any atom is 0.271 e. The van der Waals surface area contributed by atoms with Gasteiger partial charge in [0, 0.05) is 12.1 Å². The summed E-state index contributed by atoms with van der Waals surface area (Å²) in [6.45, 7) is 6.06. The van der Waals surface area contributed by atoms with Crippen molar-refractivity contribution in [2.45, 2.75) is 33.1 Å². The molecule has 0 heterocycles. The molecule has 3 N–H and O–H groups in total. The molecule has 28 heavy (non-hydrogen) atoms. The summed E-state index contributed by atoms with van der Waals surface area (Å²) in [6.07, 6.45) is 0.974. The van der Waals surface area contributed by atoms with Crippen LogP contribution in [-0.4, -0.2) is 21.0 Å².